The first kappa shape index (κ1) is 11.9. The second-order valence-electron chi connectivity index (χ2n) is 4.48. The first-order chi connectivity index (χ1) is 9.24. The average molecular weight is 261 g/mol. The van der Waals surface area contributed by atoms with Gasteiger partial charge in [0, 0.05) is 32.1 Å². The molecule has 0 bridgehead atoms. The summed E-state index contributed by atoms with van der Waals surface area (Å²) in [5, 5.41) is 3.00. The molecule has 3 heterocycles. The molecule has 1 fully saturated rings. The van der Waals surface area contributed by atoms with Gasteiger partial charge in [-0.2, -0.15) is 0 Å². The lowest BCUT2D eigenvalue weighted by Crippen LogP contribution is -2.39. The van der Waals surface area contributed by atoms with Gasteiger partial charge in [-0.25, -0.2) is 4.98 Å². The van der Waals surface area contributed by atoms with Gasteiger partial charge in [0.1, 0.15) is 11.9 Å². The smallest absolute Gasteiger partial charge is 0.266 e. The summed E-state index contributed by atoms with van der Waals surface area (Å²) in [6, 6.07) is 1.57. The second kappa shape index (κ2) is 4.85. The van der Waals surface area contributed by atoms with Crippen molar-refractivity contribution >= 4 is 5.82 Å². The van der Waals surface area contributed by atoms with Gasteiger partial charge in [0.15, 0.2) is 0 Å². The number of morpholine rings is 1. The van der Waals surface area contributed by atoms with E-state index < -0.39 is 0 Å². The molecule has 7 heteroatoms. The van der Waals surface area contributed by atoms with E-state index in [9.17, 15) is 4.79 Å². The molecule has 19 heavy (non-hydrogen) atoms. The van der Waals surface area contributed by atoms with Crippen LogP contribution in [0.1, 0.15) is 11.8 Å². The highest BCUT2D eigenvalue weighted by Crippen LogP contribution is 2.22. The fraction of sp³-hybridized carbons (Fsp3) is 0.417. The van der Waals surface area contributed by atoms with Gasteiger partial charge in [0.2, 0.25) is 0 Å². The number of H-pyrrole nitrogens is 1. The van der Waals surface area contributed by atoms with Crippen LogP contribution in [0.5, 0.6) is 0 Å². The number of nitrogens with zero attached hydrogens (tertiary/aromatic N) is 4. The van der Waals surface area contributed by atoms with E-state index in [1.807, 2.05) is 0 Å². The van der Waals surface area contributed by atoms with Crippen LogP contribution >= 0.6 is 0 Å². The molecule has 0 amide bonds. The Morgan fingerprint density at radius 2 is 2.37 bits per heavy atom. The van der Waals surface area contributed by atoms with Crippen LogP contribution < -0.4 is 10.5 Å². The van der Waals surface area contributed by atoms with Crippen molar-refractivity contribution in [2.75, 3.05) is 24.6 Å². The Morgan fingerprint density at radius 1 is 1.47 bits per heavy atom. The molecule has 0 aliphatic carbocycles. The maximum absolute atomic E-state index is 11.5. The number of aromatic amines is 1. The number of nitrogens with one attached hydrogen (secondary N) is 1. The van der Waals surface area contributed by atoms with E-state index in [0.29, 0.717) is 13.2 Å². The first-order valence-electron chi connectivity index (χ1n) is 6.12. The highest BCUT2D eigenvalue weighted by molar-refractivity contribution is 5.36. The quantitative estimate of drug-likeness (QED) is 0.828. The van der Waals surface area contributed by atoms with Crippen LogP contribution in [0.2, 0.25) is 0 Å². The van der Waals surface area contributed by atoms with E-state index in [1.165, 1.54) is 4.68 Å². The summed E-state index contributed by atoms with van der Waals surface area (Å²) in [5.74, 6) is 0.828. The van der Waals surface area contributed by atoms with E-state index in [-0.39, 0.29) is 11.7 Å². The van der Waals surface area contributed by atoms with Gasteiger partial charge >= 0.3 is 0 Å². The lowest BCUT2D eigenvalue weighted by Gasteiger charge is -2.32. The number of ether oxygens (including phenoxy) is 1. The van der Waals surface area contributed by atoms with Gasteiger partial charge in [0.05, 0.1) is 25.0 Å². The number of rotatable bonds is 2. The zero-order valence-electron chi connectivity index (χ0n) is 10.6. The topological polar surface area (TPSA) is 76.0 Å². The van der Waals surface area contributed by atoms with Crippen molar-refractivity contribution in [2.24, 2.45) is 7.05 Å². The largest absolute Gasteiger partial charge is 0.368 e. The van der Waals surface area contributed by atoms with Crippen molar-refractivity contribution in [3.8, 4) is 0 Å². The van der Waals surface area contributed by atoms with Crippen LogP contribution in [-0.4, -0.2) is 39.4 Å². The molecule has 1 atom stereocenters. The predicted octanol–water partition coefficient (Wildman–Crippen LogP) is 0.0813. The van der Waals surface area contributed by atoms with Crippen molar-refractivity contribution in [1.29, 1.82) is 0 Å². The Morgan fingerprint density at radius 3 is 3.05 bits per heavy atom. The van der Waals surface area contributed by atoms with Crippen LogP contribution in [-0.2, 0) is 11.8 Å². The third-order valence-corrected chi connectivity index (χ3v) is 3.19. The Bertz CT molecular complexity index is 606. The molecule has 7 nitrogen and oxygen atoms in total. The standard InChI is InChI=1S/C12H15N5O2/c1-16-12(18)6-9(15-16)10-8-17(4-5-19-10)11-7-13-2-3-14-11/h2-3,6-7,10,15H,4-5,8H2,1H3/t10-/m1/s1. The third kappa shape index (κ3) is 2.37. The SMILES string of the molecule is Cn1[nH]c([C@H]2CN(c3cnccn3)CCO2)cc1=O. The molecule has 3 rings (SSSR count). The third-order valence-electron chi connectivity index (χ3n) is 3.19. The number of hydrogen-bond acceptors (Lipinski definition) is 5. The molecular formula is C12H15N5O2. The molecule has 2 aromatic rings. The van der Waals surface area contributed by atoms with Crippen molar-refractivity contribution in [3.63, 3.8) is 0 Å². The summed E-state index contributed by atoms with van der Waals surface area (Å²) >= 11 is 0. The van der Waals surface area contributed by atoms with Crippen LogP contribution in [0, 0.1) is 0 Å². The Hall–Kier alpha value is -2.15. The monoisotopic (exact) mass is 261 g/mol. The van der Waals surface area contributed by atoms with E-state index in [2.05, 4.69) is 20.0 Å². The summed E-state index contributed by atoms with van der Waals surface area (Å²) < 4.78 is 7.16. The molecule has 0 aromatic carbocycles. The zero-order valence-corrected chi connectivity index (χ0v) is 10.6. The normalized spacial score (nSPS) is 19.6. The van der Waals surface area contributed by atoms with E-state index in [1.54, 1.807) is 31.7 Å². The second-order valence-corrected chi connectivity index (χ2v) is 4.48. The molecule has 100 valence electrons. The minimum atomic E-state index is -0.148. The van der Waals surface area contributed by atoms with Gasteiger partial charge in [0.25, 0.3) is 5.56 Å². The van der Waals surface area contributed by atoms with Gasteiger partial charge in [-0.1, -0.05) is 0 Å². The summed E-state index contributed by atoms with van der Waals surface area (Å²) in [6.07, 6.45) is 4.90. The van der Waals surface area contributed by atoms with Crippen molar-refractivity contribution in [3.05, 3.63) is 40.7 Å². The molecule has 1 saturated heterocycles. The van der Waals surface area contributed by atoms with Crippen molar-refractivity contribution < 1.29 is 4.74 Å². The lowest BCUT2D eigenvalue weighted by atomic mass is 10.2. The van der Waals surface area contributed by atoms with Crippen LogP contribution in [0.3, 0.4) is 0 Å². The number of aromatic nitrogens is 4. The molecule has 0 unspecified atom stereocenters. The van der Waals surface area contributed by atoms with Crippen LogP contribution in [0.4, 0.5) is 5.82 Å². The summed E-state index contributed by atoms with van der Waals surface area (Å²) in [4.78, 5) is 21.9. The number of aryl methyl sites for hydroxylation is 1. The summed E-state index contributed by atoms with van der Waals surface area (Å²) in [6.45, 7) is 2.02. The fourth-order valence-corrected chi connectivity index (χ4v) is 2.18. The van der Waals surface area contributed by atoms with Gasteiger partial charge < -0.3 is 9.64 Å². The van der Waals surface area contributed by atoms with Crippen LogP contribution in [0.25, 0.3) is 0 Å². The minimum Gasteiger partial charge on any atom is -0.368 e. The minimum absolute atomic E-state index is 0.0600. The molecule has 1 aliphatic heterocycles. The summed E-state index contributed by atoms with van der Waals surface area (Å²) in [7, 11) is 1.69. The fourth-order valence-electron chi connectivity index (χ4n) is 2.18. The summed E-state index contributed by atoms with van der Waals surface area (Å²) in [5.41, 5.74) is 0.733. The number of hydrogen-bond donors (Lipinski definition) is 1. The molecule has 0 spiro atoms. The first-order valence-corrected chi connectivity index (χ1v) is 6.12. The average Bonchev–Trinajstić information content (AvgIpc) is 2.80. The molecule has 2 aromatic heterocycles. The Kier molecular flexibility index (Phi) is 3.04. The molecule has 0 radical (unpaired) electrons. The maximum atomic E-state index is 11.5. The predicted molar refractivity (Wildman–Crippen MR) is 69.0 cm³/mol. The highest BCUT2D eigenvalue weighted by atomic mass is 16.5. The van der Waals surface area contributed by atoms with Gasteiger partial charge in [-0.3, -0.25) is 19.6 Å². The van der Waals surface area contributed by atoms with Crippen molar-refractivity contribution in [1.82, 2.24) is 19.7 Å². The van der Waals surface area contributed by atoms with E-state index >= 15 is 0 Å². The van der Waals surface area contributed by atoms with Crippen molar-refractivity contribution in [2.45, 2.75) is 6.10 Å². The zero-order chi connectivity index (χ0) is 13.2. The highest BCUT2D eigenvalue weighted by Gasteiger charge is 2.24. The Balaban J connectivity index is 1.80. The van der Waals surface area contributed by atoms with E-state index in [0.717, 1.165) is 18.1 Å². The molecule has 1 aliphatic rings. The number of anilines is 1. The van der Waals surface area contributed by atoms with Gasteiger partial charge in [-0.05, 0) is 0 Å². The van der Waals surface area contributed by atoms with E-state index in [4.69, 9.17) is 4.74 Å². The van der Waals surface area contributed by atoms with Crippen LogP contribution in [0.15, 0.2) is 29.5 Å². The molecule has 0 saturated carbocycles. The maximum Gasteiger partial charge on any atom is 0.266 e. The Labute approximate surface area is 109 Å². The molecular weight excluding hydrogens is 246 g/mol. The molecule has 1 N–H and O–H groups in total. The van der Waals surface area contributed by atoms with Gasteiger partial charge in [-0.15, -0.1) is 0 Å². The lowest BCUT2D eigenvalue weighted by molar-refractivity contribution is 0.0364.